The molecule has 1 saturated heterocycles. The van der Waals surface area contributed by atoms with Gasteiger partial charge in [0.2, 0.25) is 0 Å². The van der Waals surface area contributed by atoms with Crippen molar-refractivity contribution in [2.75, 3.05) is 6.61 Å². The Labute approximate surface area is 92.7 Å². The average Bonchev–Trinajstić information content (AvgIpc) is 2.30. The van der Waals surface area contributed by atoms with Crippen molar-refractivity contribution in [3.8, 4) is 0 Å². The number of esters is 2. The van der Waals surface area contributed by atoms with Crippen molar-refractivity contribution in [1.82, 2.24) is 0 Å². The summed E-state index contributed by atoms with van der Waals surface area (Å²) < 4.78 is 19.6. The Morgan fingerprint density at radius 1 is 1.64 bits per heavy atom. The fourth-order valence-corrected chi connectivity index (χ4v) is 2.20. The van der Waals surface area contributed by atoms with Crippen molar-refractivity contribution in [3.63, 3.8) is 0 Å². The first kappa shape index (κ1) is 13.9. The molecule has 1 aliphatic rings. The molecule has 8 heteroatoms. The second-order valence-corrected chi connectivity index (χ2v) is 4.43. The van der Waals surface area contributed by atoms with Gasteiger partial charge in [0.25, 0.3) is 0 Å². The molecule has 1 fully saturated rings. The van der Waals surface area contributed by atoms with Crippen molar-refractivity contribution in [2.45, 2.75) is 19.0 Å². The number of hydrogen-bond acceptors (Lipinski definition) is 6. The van der Waals surface area contributed by atoms with Gasteiger partial charge in [-0.05, 0) is 6.92 Å². The molecule has 0 aliphatic carbocycles. The summed E-state index contributed by atoms with van der Waals surface area (Å²) in [5.74, 6) is -1.87. The summed E-state index contributed by atoms with van der Waals surface area (Å²) in [4.78, 5) is 32.5. The molecule has 2 unspecified atom stereocenters. The minimum Gasteiger partial charge on any atom is -0.778 e. The van der Waals surface area contributed by atoms with Crippen LogP contribution in [0.4, 0.5) is 0 Å². The van der Waals surface area contributed by atoms with Crippen LogP contribution >= 0.6 is 7.60 Å². The molecule has 2 atom stereocenters. The first-order valence-corrected chi connectivity index (χ1v) is 5.28. The molecule has 0 radical (unpaired) electrons. The number of rotatable bonds is 3. The maximum Gasteiger partial charge on any atom is 1.00 e. The standard InChI is InChI=1S/C6H9O6P.Li/c1-2-11-13(9,10)4-3-5(7)12-6(4)8;/h4H,2-3H2,1H3,(H,9,10);/q;+1/p-1. The number of hydrogen-bond donors (Lipinski definition) is 0. The number of carbonyl (C=O) groups is 2. The molecule has 74 valence electrons. The van der Waals surface area contributed by atoms with Gasteiger partial charge in [-0.25, -0.2) is 0 Å². The quantitative estimate of drug-likeness (QED) is 0.209. The normalized spacial score (nSPS) is 25.1. The third-order valence-electron chi connectivity index (χ3n) is 1.54. The van der Waals surface area contributed by atoms with Gasteiger partial charge in [0.05, 0.1) is 13.0 Å². The Morgan fingerprint density at radius 3 is 2.57 bits per heavy atom. The molecule has 0 spiro atoms. The Morgan fingerprint density at radius 2 is 2.21 bits per heavy atom. The van der Waals surface area contributed by atoms with Crippen LogP contribution in [0.2, 0.25) is 0 Å². The number of ether oxygens (including phenoxy) is 1. The zero-order valence-corrected chi connectivity index (χ0v) is 8.78. The molecule has 0 aromatic rings. The first-order valence-electron chi connectivity index (χ1n) is 3.67. The molecule has 1 rings (SSSR count). The van der Waals surface area contributed by atoms with E-state index in [9.17, 15) is 19.0 Å². The van der Waals surface area contributed by atoms with E-state index in [4.69, 9.17) is 0 Å². The van der Waals surface area contributed by atoms with Crippen molar-refractivity contribution in [2.24, 2.45) is 0 Å². The molecule has 1 heterocycles. The van der Waals surface area contributed by atoms with Crippen LogP contribution in [0.15, 0.2) is 0 Å². The van der Waals surface area contributed by atoms with E-state index in [1.165, 1.54) is 6.92 Å². The summed E-state index contributed by atoms with van der Waals surface area (Å²) in [6.07, 6.45) is -0.445. The van der Waals surface area contributed by atoms with E-state index in [2.05, 4.69) is 9.26 Å². The fourth-order valence-electron chi connectivity index (χ4n) is 0.974. The predicted molar refractivity (Wildman–Crippen MR) is 38.7 cm³/mol. The zero-order valence-electron chi connectivity index (χ0n) is 7.89. The number of cyclic esters (lactones) is 2. The van der Waals surface area contributed by atoms with Crippen LogP contribution < -0.4 is 23.8 Å². The summed E-state index contributed by atoms with van der Waals surface area (Å²) in [6.45, 7) is 1.42. The Bertz CT molecular complexity index is 290. The predicted octanol–water partition coefficient (Wildman–Crippen LogP) is -3.58. The smallest absolute Gasteiger partial charge is 0.778 e. The van der Waals surface area contributed by atoms with Crippen LogP contribution in [0, 0.1) is 0 Å². The molecular weight excluding hydrogens is 206 g/mol. The molecule has 0 aromatic heterocycles. The monoisotopic (exact) mass is 214 g/mol. The molecule has 1 aliphatic heterocycles. The van der Waals surface area contributed by atoms with Gasteiger partial charge in [-0.15, -0.1) is 0 Å². The molecule has 0 aromatic carbocycles. The third kappa shape index (κ3) is 2.94. The summed E-state index contributed by atoms with van der Waals surface area (Å²) in [6, 6.07) is 0. The fraction of sp³-hybridized carbons (Fsp3) is 0.667. The van der Waals surface area contributed by atoms with E-state index < -0.39 is 31.6 Å². The van der Waals surface area contributed by atoms with Crippen LogP contribution in [0.1, 0.15) is 13.3 Å². The minimum absolute atomic E-state index is 0. The van der Waals surface area contributed by atoms with E-state index in [0.29, 0.717) is 0 Å². The molecule has 0 bridgehead atoms. The molecule has 0 amide bonds. The maximum atomic E-state index is 11.1. The van der Waals surface area contributed by atoms with Gasteiger partial charge < -0.3 is 18.7 Å². The Balaban J connectivity index is 0.00000169. The maximum absolute atomic E-state index is 11.1. The van der Waals surface area contributed by atoms with Gasteiger partial charge in [-0.1, -0.05) is 0 Å². The molecule has 14 heavy (non-hydrogen) atoms. The Hall–Kier alpha value is -0.113. The first-order chi connectivity index (χ1) is 5.97. The second-order valence-electron chi connectivity index (χ2n) is 2.47. The molecular formula is C6H8LiO6P. The largest absolute Gasteiger partial charge is 1.00 e. The third-order valence-corrected chi connectivity index (χ3v) is 3.31. The van der Waals surface area contributed by atoms with E-state index in [1.807, 2.05) is 0 Å². The van der Waals surface area contributed by atoms with Crippen LogP contribution in [-0.2, 0) is 23.4 Å². The van der Waals surface area contributed by atoms with Crippen LogP contribution in [0.5, 0.6) is 0 Å². The second kappa shape index (κ2) is 5.10. The van der Waals surface area contributed by atoms with E-state index in [0.717, 1.165) is 0 Å². The molecule has 0 saturated carbocycles. The van der Waals surface area contributed by atoms with Crippen molar-refractivity contribution >= 4 is 19.5 Å². The van der Waals surface area contributed by atoms with E-state index >= 15 is 0 Å². The molecule has 6 nitrogen and oxygen atoms in total. The summed E-state index contributed by atoms with van der Waals surface area (Å²) in [5.41, 5.74) is -1.46. The van der Waals surface area contributed by atoms with Gasteiger partial charge >= 0.3 is 30.8 Å². The van der Waals surface area contributed by atoms with Gasteiger partial charge in [-0.3, -0.25) is 9.59 Å². The molecule has 0 N–H and O–H groups in total. The number of carbonyl (C=O) groups excluding carboxylic acids is 2. The van der Waals surface area contributed by atoms with Gasteiger partial charge in [0.15, 0.2) is 0 Å². The zero-order chi connectivity index (χ0) is 10.1. The van der Waals surface area contributed by atoms with E-state index in [-0.39, 0.29) is 25.5 Å². The summed E-state index contributed by atoms with van der Waals surface area (Å²) in [5, 5.41) is 0. The van der Waals surface area contributed by atoms with Crippen molar-refractivity contribution in [3.05, 3.63) is 0 Å². The Kier molecular flexibility index (Phi) is 5.06. The minimum atomic E-state index is -4.28. The van der Waals surface area contributed by atoms with Gasteiger partial charge in [0, 0.05) is 0 Å². The van der Waals surface area contributed by atoms with Gasteiger partial charge in [-0.2, -0.15) is 0 Å². The summed E-state index contributed by atoms with van der Waals surface area (Å²) >= 11 is 0. The van der Waals surface area contributed by atoms with Crippen molar-refractivity contribution in [1.29, 1.82) is 0 Å². The van der Waals surface area contributed by atoms with Crippen LogP contribution in [-0.4, -0.2) is 24.2 Å². The van der Waals surface area contributed by atoms with Crippen LogP contribution in [0.25, 0.3) is 0 Å². The topological polar surface area (TPSA) is 92.7 Å². The van der Waals surface area contributed by atoms with Crippen LogP contribution in [0.3, 0.4) is 0 Å². The summed E-state index contributed by atoms with van der Waals surface area (Å²) in [7, 11) is -4.28. The average molecular weight is 214 g/mol. The van der Waals surface area contributed by atoms with Gasteiger partial charge in [0.1, 0.15) is 13.3 Å². The van der Waals surface area contributed by atoms with E-state index in [1.54, 1.807) is 0 Å². The van der Waals surface area contributed by atoms with Crippen molar-refractivity contribution < 1.29 is 47.2 Å². The SMILES string of the molecule is CCOP(=O)([O-])C1CC(=O)OC1=O.[Li+].